The van der Waals surface area contributed by atoms with Crippen LogP contribution in [-0.4, -0.2) is 4.98 Å². The van der Waals surface area contributed by atoms with Crippen LogP contribution in [0.5, 0.6) is 0 Å². The number of pyridine rings is 1. The number of anilines is 3. The Hall–Kier alpha value is -5.93. The molecule has 206 valence electrons. The molecule has 9 rings (SSSR count). The van der Waals surface area contributed by atoms with Crippen LogP contribution in [0.15, 0.2) is 162 Å². The molecule has 0 unspecified atom stereocenters. The largest absolute Gasteiger partial charge is 0.452 e. The van der Waals surface area contributed by atoms with Gasteiger partial charge in [0, 0.05) is 22.7 Å². The van der Waals surface area contributed by atoms with Gasteiger partial charge in [-0.15, -0.1) is 0 Å². The van der Waals surface area contributed by atoms with Gasteiger partial charge in [-0.3, -0.25) is 4.98 Å². The van der Waals surface area contributed by atoms with Gasteiger partial charge in [0.15, 0.2) is 5.58 Å². The van der Waals surface area contributed by atoms with Crippen LogP contribution >= 0.6 is 0 Å². The number of aromatic nitrogens is 1. The lowest BCUT2D eigenvalue weighted by Crippen LogP contribution is -2.11. The minimum atomic E-state index is 0.767. The van der Waals surface area contributed by atoms with Gasteiger partial charge in [0.05, 0.1) is 11.4 Å². The Kier molecular flexibility index (Phi) is 5.50. The van der Waals surface area contributed by atoms with E-state index >= 15 is 0 Å². The zero-order valence-electron chi connectivity index (χ0n) is 23.8. The molecule has 0 bridgehead atoms. The lowest BCUT2D eigenvalue weighted by Gasteiger charge is -2.28. The summed E-state index contributed by atoms with van der Waals surface area (Å²) in [4.78, 5) is 7.11. The van der Waals surface area contributed by atoms with Gasteiger partial charge in [-0.2, -0.15) is 0 Å². The first-order valence-electron chi connectivity index (χ1n) is 14.9. The summed E-state index contributed by atoms with van der Waals surface area (Å²) in [5.74, 6) is 0. The van der Waals surface area contributed by atoms with E-state index in [2.05, 4.69) is 138 Å². The predicted octanol–water partition coefficient (Wildman–Crippen LogP) is 11.6. The molecule has 9 aromatic rings. The maximum atomic E-state index is 6.55. The zero-order valence-corrected chi connectivity index (χ0v) is 23.8. The number of nitrogens with zero attached hydrogens (tertiary/aromatic N) is 2. The van der Waals surface area contributed by atoms with Crippen molar-refractivity contribution < 1.29 is 4.42 Å². The van der Waals surface area contributed by atoms with Gasteiger partial charge in [0.25, 0.3) is 0 Å². The maximum absolute atomic E-state index is 6.55. The van der Waals surface area contributed by atoms with Crippen molar-refractivity contribution in [1.29, 1.82) is 0 Å². The summed E-state index contributed by atoms with van der Waals surface area (Å²) >= 11 is 0. The van der Waals surface area contributed by atoms with Crippen LogP contribution in [0.4, 0.5) is 17.1 Å². The third-order valence-electron chi connectivity index (χ3n) is 8.68. The third kappa shape index (κ3) is 3.80. The van der Waals surface area contributed by atoms with E-state index in [1.165, 1.54) is 43.4 Å². The van der Waals surface area contributed by atoms with Crippen molar-refractivity contribution in [3.8, 4) is 11.1 Å². The molecule has 2 heterocycles. The van der Waals surface area contributed by atoms with E-state index in [1.54, 1.807) is 0 Å². The number of para-hydroxylation sites is 1. The molecular weight excluding hydrogens is 536 g/mol. The van der Waals surface area contributed by atoms with E-state index < -0.39 is 0 Å². The summed E-state index contributed by atoms with van der Waals surface area (Å²) in [7, 11) is 0. The van der Waals surface area contributed by atoms with Crippen molar-refractivity contribution in [2.45, 2.75) is 0 Å². The molecule has 0 saturated carbocycles. The van der Waals surface area contributed by atoms with Gasteiger partial charge >= 0.3 is 0 Å². The predicted molar refractivity (Wildman–Crippen MR) is 184 cm³/mol. The molecule has 0 atom stereocenters. The van der Waals surface area contributed by atoms with E-state index in [0.717, 1.165) is 39.1 Å². The van der Waals surface area contributed by atoms with Crippen LogP contribution in [0.25, 0.3) is 65.5 Å². The second kappa shape index (κ2) is 9.82. The number of fused-ring (bicyclic) bond motifs is 8. The quantitative estimate of drug-likeness (QED) is 0.200. The summed E-state index contributed by atoms with van der Waals surface area (Å²) in [6.07, 6.45) is 1.89. The minimum Gasteiger partial charge on any atom is -0.452 e. The second-order valence-electron chi connectivity index (χ2n) is 11.2. The molecule has 0 amide bonds. The Morgan fingerprint density at radius 2 is 1.14 bits per heavy atom. The number of hydrogen-bond donors (Lipinski definition) is 0. The van der Waals surface area contributed by atoms with E-state index in [9.17, 15) is 0 Å². The molecule has 44 heavy (non-hydrogen) atoms. The van der Waals surface area contributed by atoms with Crippen molar-refractivity contribution >= 4 is 71.4 Å². The standard InChI is InChI=1S/C41H26N2O/c1-2-10-27(11-3-1)28-20-22-31(23-21-28)43(36-24-25-42-40-35-16-8-9-17-38(35)44-41(36)40)37-26-30-19-18-29-12-4-5-13-32(29)39(30)34-15-7-6-14-33(34)37/h1-26H. The molecule has 0 saturated heterocycles. The van der Waals surface area contributed by atoms with Crippen molar-refractivity contribution in [1.82, 2.24) is 4.98 Å². The molecule has 7 aromatic carbocycles. The summed E-state index contributed by atoms with van der Waals surface area (Å²) in [5, 5.41) is 8.36. The number of hydrogen-bond acceptors (Lipinski definition) is 3. The van der Waals surface area contributed by atoms with Gasteiger partial charge in [-0.1, -0.05) is 115 Å². The van der Waals surface area contributed by atoms with Gasteiger partial charge in [0.2, 0.25) is 0 Å². The SMILES string of the molecule is c1ccc(-c2ccc(N(c3cc4ccc5ccccc5c4c4ccccc34)c3ccnc4c3oc3ccccc34)cc2)cc1. The van der Waals surface area contributed by atoms with Crippen LogP contribution in [0.2, 0.25) is 0 Å². The topological polar surface area (TPSA) is 29.3 Å². The van der Waals surface area contributed by atoms with Gasteiger partial charge < -0.3 is 9.32 Å². The van der Waals surface area contributed by atoms with Crippen LogP contribution in [0, 0.1) is 0 Å². The highest BCUT2D eigenvalue weighted by Crippen LogP contribution is 2.46. The summed E-state index contributed by atoms with van der Waals surface area (Å²) in [6, 6.07) is 53.7. The molecule has 0 fully saturated rings. The van der Waals surface area contributed by atoms with Crippen LogP contribution in [0.1, 0.15) is 0 Å². The molecule has 2 aromatic heterocycles. The summed E-state index contributed by atoms with van der Waals surface area (Å²) in [6.45, 7) is 0. The van der Waals surface area contributed by atoms with Gasteiger partial charge in [0.1, 0.15) is 11.1 Å². The Morgan fingerprint density at radius 3 is 1.98 bits per heavy atom. The van der Waals surface area contributed by atoms with Crippen molar-refractivity contribution in [3.63, 3.8) is 0 Å². The average molecular weight is 563 g/mol. The van der Waals surface area contributed by atoms with Gasteiger partial charge in [-0.25, -0.2) is 0 Å². The molecule has 0 N–H and O–H groups in total. The maximum Gasteiger partial charge on any atom is 0.177 e. The van der Waals surface area contributed by atoms with E-state index in [1.807, 2.05) is 24.4 Å². The Morgan fingerprint density at radius 1 is 0.477 bits per heavy atom. The Bertz CT molecular complexity index is 2490. The molecule has 3 heteroatoms. The van der Waals surface area contributed by atoms with Crippen LogP contribution in [-0.2, 0) is 0 Å². The summed E-state index contributed by atoms with van der Waals surface area (Å²) in [5.41, 5.74) is 7.90. The fraction of sp³-hybridized carbons (Fsp3) is 0. The second-order valence-corrected chi connectivity index (χ2v) is 11.2. The molecule has 0 spiro atoms. The Balaban J connectivity index is 1.36. The van der Waals surface area contributed by atoms with Crippen molar-refractivity contribution in [2.24, 2.45) is 0 Å². The fourth-order valence-corrected chi connectivity index (χ4v) is 6.65. The lowest BCUT2D eigenvalue weighted by atomic mass is 9.94. The third-order valence-corrected chi connectivity index (χ3v) is 8.68. The highest BCUT2D eigenvalue weighted by Gasteiger charge is 2.23. The van der Waals surface area contributed by atoms with E-state index in [-0.39, 0.29) is 0 Å². The first-order valence-corrected chi connectivity index (χ1v) is 14.9. The van der Waals surface area contributed by atoms with Gasteiger partial charge in [-0.05, 0) is 74.5 Å². The van der Waals surface area contributed by atoms with Crippen molar-refractivity contribution in [3.05, 3.63) is 158 Å². The summed E-state index contributed by atoms with van der Waals surface area (Å²) < 4.78 is 6.55. The van der Waals surface area contributed by atoms with Crippen molar-refractivity contribution in [2.75, 3.05) is 4.90 Å². The lowest BCUT2D eigenvalue weighted by molar-refractivity contribution is 0.668. The molecule has 0 radical (unpaired) electrons. The molecule has 0 aliphatic heterocycles. The van der Waals surface area contributed by atoms with Crippen LogP contribution in [0.3, 0.4) is 0 Å². The fourth-order valence-electron chi connectivity index (χ4n) is 6.65. The first-order chi connectivity index (χ1) is 21.8. The highest BCUT2D eigenvalue weighted by molar-refractivity contribution is 6.24. The van der Waals surface area contributed by atoms with E-state index in [0.29, 0.717) is 0 Å². The number of benzene rings is 7. The molecule has 3 nitrogen and oxygen atoms in total. The highest BCUT2D eigenvalue weighted by atomic mass is 16.3. The smallest absolute Gasteiger partial charge is 0.177 e. The van der Waals surface area contributed by atoms with E-state index in [4.69, 9.17) is 9.40 Å². The number of furan rings is 1. The minimum absolute atomic E-state index is 0.767. The first kappa shape index (κ1) is 24.6. The molecular formula is C41H26N2O. The molecule has 0 aliphatic carbocycles. The monoisotopic (exact) mass is 562 g/mol. The normalized spacial score (nSPS) is 11.6. The Labute approximate surface area is 254 Å². The average Bonchev–Trinajstić information content (AvgIpc) is 3.48. The zero-order chi connectivity index (χ0) is 29.0. The molecule has 0 aliphatic rings. The number of rotatable bonds is 4. The van der Waals surface area contributed by atoms with Crippen LogP contribution < -0.4 is 4.90 Å².